The molecule has 1 amide bonds. The van der Waals surface area contributed by atoms with E-state index in [1.807, 2.05) is 13.8 Å². The first kappa shape index (κ1) is 22.1. The fraction of sp³-hybridized carbons (Fsp3) is 0.474. The van der Waals surface area contributed by atoms with Gasteiger partial charge in [-0.3, -0.25) is 4.79 Å². The average Bonchev–Trinajstić information content (AvgIpc) is 2.81. The van der Waals surface area contributed by atoms with Crippen molar-refractivity contribution >= 4 is 39.1 Å². The van der Waals surface area contributed by atoms with Crippen LogP contribution in [0.1, 0.15) is 23.4 Å². The molecule has 1 aliphatic rings. The van der Waals surface area contributed by atoms with Crippen LogP contribution in [0.4, 0.5) is 0 Å². The molecule has 3 rings (SSSR count). The summed E-state index contributed by atoms with van der Waals surface area (Å²) in [6.07, 6.45) is 2.03. The van der Waals surface area contributed by atoms with E-state index in [0.29, 0.717) is 48.3 Å². The molecule has 10 heteroatoms. The molecule has 2 heterocycles. The Bertz CT molecular complexity index is 1040. The van der Waals surface area contributed by atoms with Crippen LogP contribution in [0.5, 0.6) is 0 Å². The van der Waals surface area contributed by atoms with Gasteiger partial charge in [-0.25, -0.2) is 17.4 Å². The molecule has 0 bridgehead atoms. The number of rotatable bonds is 4. The minimum Gasteiger partial charge on any atom is -0.341 e. The largest absolute Gasteiger partial charge is 0.341 e. The smallest absolute Gasteiger partial charge is 0.227 e. The number of nitrogens with zero attached hydrogens (tertiary/aromatic N) is 4. The zero-order valence-electron chi connectivity index (χ0n) is 16.7. The Morgan fingerprint density at radius 3 is 2.52 bits per heavy atom. The van der Waals surface area contributed by atoms with Gasteiger partial charge in [0.2, 0.25) is 15.9 Å². The molecule has 0 saturated carbocycles. The van der Waals surface area contributed by atoms with Crippen LogP contribution in [0, 0.1) is 13.8 Å². The molecule has 1 aromatic heterocycles. The lowest BCUT2D eigenvalue weighted by molar-refractivity contribution is -0.130. The number of aromatic nitrogens is 2. The predicted octanol–water partition coefficient (Wildman–Crippen LogP) is 2.83. The summed E-state index contributed by atoms with van der Waals surface area (Å²) in [5.41, 5.74) is 3.15. The molecule has 1 saturated heterocycles. The van der Waals surface area contributed by atoms with Crippen molar-refractivity contribution in [3.63, 3.8) is 0 Å². The van der Waals surface area contributed by atoms with Crippen LogP contribution < -0.4 is 0 Å². The van der Waals surface area contributed by atoms with Gasteiger partial charge in [0.05, 0.1) is 29.1 Å². The van der Waals surface area contributed by atoms with Gasteiger partial charge in [-0.1, -0.05) is 23.2 Å². The second-order valence-electron chi connectivity index (χ2n) is 7.23. The fourth-order valence-corrected chi connectivity index (χ4v) is 4.92. The fourth-order valence-electron chi connectivity index (χ4n) is 3.56. The van der Waals surface area contributed by atoms with E-state index in [1.54, 1.807) is 27.8 Å². The lowest BCUT2D eigenvalue weighted by atomic mass is 10.1. The first-order chi connectivity index (χ1) is 13.6. The number of aryl methyl sites for hydroxylation is 1. The number of carbonyl (C=O) groups excluding carboxylic acids is 1. The first-order valence-corrected chi connectivity index (χ1v) is 11.9. The SMILES string of the molecule is Cc1nn(-c2ccc(Cl)cc2Cl)c(C)c1CC(=O)N1CCCN(S(C)(=O)=O)CC1. The van der Waals surface area contributed by atoms with Crippen LogP contribution in [0.2, 0.25) is 10.0 Å². The number of carbonyl (C=O) groups is 1. The minimum absolute atomic E-state index is 0.0340. The highest BCUT2D eigenvalue weighted by atomic mass is 35.5. The molecule has 0 atom stereocenters. The third-order valence-electron chi connectivity index (χ3n) is 5.18. The predicted molar refractivity (Wildman–Crippen MR) is 114 cm³/mol. The highest BCUT2D eigenvalue weighted by molar-refractivity contribution is 7.88. The highest BCUT2D eigenvalue weighted by Gasteiger charge is 2.25. The monoisotopic (exact) mass is 458 g/mol. The molecule has 0 radical (unpaired) electrons. The van der Waals surface area contributed by atoms with Gasteiger partial charge in [0.25, 0.3) is 0 Å². The summed E-state index contributed by atoms with van der Waals surface area (Å²) in [7, 11) is -3.25. The molecular weight excluding hydrogens is 435 g/mol. The molecule has 0 aliphatic carbocycles. The van der Waals surface area contributed by atoms with E-state index in [4.69, 9.17) is 23.2 Å². The number of hydrogen-bond acceptors (Lipinski definition) is 4. The van der Waals surface area contributed by atoms with Crippen LogP contribution in [0.3, 0.4) is 0 Å². The van der Waals surface area contributed by atoms with Crippen molar-refractivity contribution in [3.05, 3.63) is 45.2 Å². The van der Waals surface area contributed by atoms with Gasteiger partial charge in [-0.2, -0.15) is 5.10 Å². The summed E-state index contributed by atoms with van der Waals surface area (Å²) in [5.74, 6) is -0.0340. The van der Waals surface area contributed by atoms with Gasteiger partial charge < -0.3 is 4.90 Å². The summed E-state index contributed by atoms with van der Waals surface area (Å²) in [4.78, 5) is 14.6. The Kier molecular flexibility index (Phi) is 6.57. The average molecular weight is 459 g/mol. The van der Waals surface area contributed by atoms with Crippen molar-refractivity contribution < 1.29 is 13.2 Å². The summed E-state index contributed by atoms with van der Waals surface area (Å²) in [6, 6.07) is 5.20. The molecule has 158 valence electrons. The molecule has 0 N–H and O–H groups in total. The Morgan fingerprint density at radius 2 is 1.86 bits per heavy atom. The van der Waals surface area contributed by atoms with Gasteiger partial charge in [-0.05, 0) is 38.5 Å². The Hall–Kier alpha value is -1.61. The maximum Gasteiger partial charge on any atom is 0.227 e. The first-order valence-electron chi connectivity index (χ1n) is 9.31. The van der Waals surface area contributed by atoms with Crippen molar-refractivity contribution in [3.8, 4) is 5.69 Å². The van der Waals surface area contributed by atoms with Crippen LogP contribution in [0.25, 0.3) is 5.69 Å². The maximum absolute atomic E-state index is 12.9. The number of benzene rings is 1. The van der Waals surface area contributed by atoms with Gasteiger partial charge in [-0.15, -0.1) is 0 Å². The maximum atomic E-state index is 12.9. The molecule has 0 unspecified atom stereocenters. The zero-order valence-corrected chi connectivity index (χ0v) is 19.0. The number of hydrogen-bond donors (Lipinski definition) is 0. The van der Waals surface area contributed by atoms with Crippen molar-refractivity contribution in [2.45, 2.75) is 26.7 Å². The van der Waals surface area contributed by atoms with Gasteiger partial charge in [0.15, 0.2) is 0 Å². The Morgan fingerprint density at radius 1 is 1.14 bits per heavy atom. The molecule has 2 aromatic rings. The lowest BCUT2D eigenvalue weighted by Crippen LogP contribution is -2.37. The zero-order chi connectivity index (χ0) is 21.3. The Labute approximate surface area is 181 Å². The summed E-state index contributed by atoms with van der Waals surface area (Å²) < 4.78 is 26.7. The molecule has 29 heavy (non-hydrogen) atoms. The summed E-state index contributed by atoms with van der Waals surface area (Å²) in [5, 5.41) is 5.59. The molecule has 1 fully saturated rings. The second-order valence-corrected chi connectivity index (χ2v) is 10.1. The van der Waals surface area contributed by atoms with E-state index >= 15 is 0 Å². The normalized spacial score (nSPS) is 16.1. The number of halogens is 2. The van der Waals surface area contributed by atoms with Crippen LogP contribution in [-0.4, -0.2) is 65.7 Å². The van der Waals surface area contributed by atoms with E-state index in [9.17, 15) is 13.2 Å². The molecular formula is C19H24Cl2N4O3S. The Balaban J connectivity index is 1.78. The van der Waals surface area contributed by atoms with Gasteiger partial charge in [0.1, 0.15) is 0 Å². The number of amides is 1. The summed E-state index contributed by atoms with van der Waals surface area (Å²) >= 11 is 12.3. The molecule has 0 spiro atoms. The van der Waals surface area contributed by atoms with Crippen LogP contribution in [-0.2, 0) is 21.2 Å². The quantitative estimate of drug-likeness (QED) is 0.705. The number of sulfonamides is 1. The highest BCUT2D eigenvalue weighted by Crippen LogP contribution is 2.27. The van der Waals surface area contributed by atoms with Gasteiger partial charge in [0, 0.05) is 42.5 Å². The van der Waals surface area contributed by atoms with E-state index in [-0.39, 0.29) is 12.3 Å². The third-order valence-corrected chi connectivity index (χ3v) is 7.02. The second kappa shape index (κ2) is 8.63. The minimum atomic E-state index is -3.25. The molecule has 1 aliphatic heterocycles. The molecule has 7 nitrogen and oxygen atoms in total. The van der Waals surface area contributed by atoms with E-state index < -0.39 is 10.0 Å². The van der Waals surface area contributed by atoms with Crippen molar-refractivity contribution in [1.29, 1.82) is 0 Å². The van der Waals surface area contributed by atoms with Crippen LogP contribution in [0.15, 0.2) is 18.2 Å². The van der Waals surface area contributed by atoms with Crippen LogP contribution >= 0.6 is 23.2 Å². The van der Waals surface area contributed by atoms with Crippen molar-refractivity contribution in [2.24, 2.45) is 0 Å². The van der Waals surface area contributed by atoms with E-state index in [2.05, 4.69) is 5.10 Å². The van der Waals surface area contributed by atoms with Crippen molar-refractivity contribution in [1.82, 2.24) is 19.0 Å². The topological polar surface area (TPSA) is 75.5 Å². The van der Waals surface area contributed by atoms with E-state index in [0.717, 1.165) is 17.0 Å². The summed E-state index contributed by atoms with van der Waals surface area (Å²) in [6.45, 7) is 5.46. The van der Waals surface area contributed by atoms with Gasteiger partial charge >= 0.3 is 0 Å². The van der Waals surface area contributed by atoms with E-state index in [1.165, 1.54) is 10.6 Å². The lowest BCUT2D eigenvalue weighted by Gasteiger charge is -2.21. The standard InChI is InChI=1S/C19H24Cl2N4O3S/c1-13-16(14(2)25(22-13)18-6-5-15(20)11-17(18)21)12-19(26)23-7-4-8-24(10-9-23)29(3,27)28/h5-6,11H,4,7-10,12H2,1-3H3. The molecule has 1 aromatic carbocycles. The third kappa shape index (κ3) is 4.94. The van der Waals surface area contributed by atoms with Crippen molar-refractivity contribution in [2.75, 3.05) is 32.4 Å².